The largest absolute Gasteiger partial charge is 0.457 e. The fourth-order valence-corrected chi connectivity index (χ4v) is 9.29. The highest BCUT2D eigenvalue weighted by atomic mass is 32.3. The molecule has 0 bridgehead atoms. The van der Waals surface area contributed by atoms with Crippen LogP contribution in [0.25, 0.3) is 0 Å². The molecule has 4 N–H and O–H groups in total. The number of aliphatic hydroxyl groups excluding tert-OH is 3. The zero-order chi connectivity index (χ0) is 52.4. The SMILES string of the molecule is CC/C=C\C/C=C\C/C=C\C/C=C\CCCCCCCCCOCC(COC1OC(CO)C(O)C(OS(=O)(=O)O)C1O)OC(=O)CCCCCCCCCCCCCCC/C=C\CCCCCCCCCC. The zero-order valence-electron chi connectivity index (χ0n) is 45.5. The first-order chi connectivity index (χ1) is 35.1. The summed E-state index contributed by atoms with van der Waals surface area (Å²) < 4.78 is 59.4. The van der Waals surface area contributed by atoms with Crippen LogP contribution in [0, 0.1) is 0 Å². The molecule has 72 heavy (non-hydrogen) atoms. The fourth-order valence-electron chi connectivity index (χ4n) is 8.78. The first-order valence-electron chi connectivity index (χ1n) is 29.0. The maximum absolute atomic E-state index is 13.0. The second-order valence-corrected chi connectivity index (χ2v) is 20.9. The first kappa shape index (κ1) is 67.8. The van der Waals surface area contributed by atoms with Crippen LogP contribution in [0.1, 0.15) is 245 Å². The van der Waals surface area contributed by atoms with E-state index in [1.54, 1.807) is 0 Å². The molecule has 12 nitrogen and oxygen atoms in total. The van der Waals surface area contributed by atoms with E-state index in [1.807, 2.05) is 0 Å². The lowest BCUT2D eigenvalue weighted by molar-refractivity contribution is -0.301. The molecule has 0 radical (unpaired) electrons. The molecule has 0 aromatic heterocycles. The van der Waals surface area contributed by atoms with Crippen LogP contribution < -0.4 is 0 Å². The van der Waals surface area contributed by atoms with Crippen molar-refractivity contribution in [1.82, 2.24) is 0 Å². The third-order valence-corrected chi connectivity index (χ3v) is 13.6. The van der Waals surface area contributed by atoms with Crippen molar-refractivity contribution in [2.75, 3.05) is 26.4 Å². The summed E-state index contributed by atoms with van der Waals surface area (Å²) in [5, 5.41) is 30.8. The van der Waals surface area contributed by atoms with Gasteiger partial charge in [-0.1, -0.05) is 222 Å². The summed E-state index contributed by atoms with van der Waals surface area (Å²) in [6, 6.07) is 0. The van der Waals surface area contributed by atoms with Crippen LogP contribution in [0.5, 0.6) is 0 Å². The van der Waals surface area contributed by atoms with Crippen molar-refractivity contribution in [3.05, 3.63) is 60.8 Å². The molecule has 0 aliphatic carbocycles. The second-order valence-electron chi connectivity index (χ2n) is 19.8. The normalized spacial score (nSPS) is 19.3. The molecule has 13 heteroatoms. The number of carbonyl (C=O) groups excluding carboxylic acids is 1. The van der Waals surface area contributed by atoms with Crippen LogP contribution in [-0.4, -0.2) is 97.5 Å². The lowest BCUT2D eigenvalue weighted by atomic mass is 9.99. The molecule has 6 atom stereocenters. The predicted octanol–water partition coefficient (Wildman–Crippen LogP) is 14.4. The molecule has 0 spiro atoms. The van der Waals surface area contributed by atoms with Gasteiger partial charge < -0.3 is 34.3 Å². The van der Waals surface area contributed by atoms with Gasteiger partial charge in [-0.25, -0.2) is 4.18 Å². The van der Waals surface area contributed by atoms with E-state index in [2.05, 4.69) is 78.8 Å². The van der Waals surface area contributed by atoms with Crippen molar-refractivity contribution in [2.24, 2.45) is 0 Å². The van der Waals surface area contributed by atoms with E-state index in [0.717, 1.165) is 77.0 Å². The third kappa shape index (κ3) is 42.1. The molecule has 1 aliphatic heterocycles. The lowest BCUT2D eigenvalue weighted by Crippen LogP contribution is -2.60. The molecule has 1 aliphatic rings. The fraction of sp³-hybridized carbons (Fsp3) is 0.814. The number of hydrogen-bond donors (Lipinski definition) is 4. The van der Waals surface area contributed by atoms with Crippen molar-refractivity contribution in [3.63, 3.8) is 0 Å². The third-order valence-electron chi connectivity index (χ3n) is 13.1. The Bertz CT molecular complexity index is 1480. The van der Waals surface area contributed by atoms with Gasteiger partial charge in [0.1, 0.15) is 30.5 Å². The van der Waals surface area contributed by atoms with Crippen LogP contribution in [-0.2, 0) is 38.3 Å². The molecule has 0 saturated carbocycles. The lowest BCUT2D eigenvalue weighted by Gasteiger charge is -2.41. The van der Waals surface area contributed by atoms with Gasteiger partial charge in [0.05, 0.1) is 19.8 Å². The number of unbranched alkanes of at least 4 members (excludes halogenated alkanes) is 28. The van der Waals surface area contributed by atoms with Crippen LogP contribution >= 0.6 is 0 Å². The van der Waals surface area contributed by atoms with E-state index in [1.165, 1.54) is 141 Å². The Morgan fingerprint density at radius 2 is 0.958 bits per heavy atom. The summed E-state index contributed by atoms with van der Waals surface area (Å²) in [6.07, 6.45) is 55.4. The van der Waals surface area contributed by atoms with Crippen molar-refractivity contribution >= 4 is 16.4 Å². The highest BCUT2D eigenvalue weighted by Gasteiger charge is 2.48. The molecular weight excluding hydrogens is 933 g/mol. The molecule has 6 unspecified atom stereocenters. The zero-order valence-corrected chi connectivity index (χ0v) is 46.3. The van der Waals surface area contributed by atoms with E-state index in [-0.39, 0.29) is 19.6 Å². The Morgan fingerprint density at radius 3 is 1.42 bits per heavy atom. The van der Waals surface area contributed by atoms with E-state index < -0.39 is 59.8 Å². The summed E-state index contributed by atoms with van der Waals surface area (Å²) in [6.45, 7) is 3.89. The molecule has 0 aromatic rings. The minimum Gasteiger partial charge on any atom is -0.457 e. The number of aliphatic hydroxyl groups is 3. The van der Waals surface area contributed by atoms with Crippen molar-refractivity contribution in [1.29, 1.82) is 0 Å². The predicted molar refractivity (Wildman–Crippen MR) is 294 cm³/mol. The second kappa shape index (κ2) is 49.7. The minimum absolute atomic E-state index is 0.0277. The van der Waals surface area contributed by atoms with Crippen molar-refractivity contribution in [3.8, 4) is 0 Å². The van der Waals surface area contributed by atoms with E-state index in [4.69, 9.17) is 18.9 Å². The van der Waals surface area contributed by atoms with Gasteiger partial charge in [-0.05, 0) is 77.0 Å². The smallest absolute Gasteiger partial charge is 0.397 e. The Morgan fingerprint density at radius 1 is 0.542 bits per heavy atom. The number of hydrogen-bond acceptors (Lipinski definition) is 11. The number of rotatable bonds is 51. The van der Waals surface area contributed by atoms with E-state index >= 15 is 0 Å². The van der Waals surface area contributed by atoms with Gasteiger partial charge in [0.2, 0.25) is 0 Å². The Kier molecular flexibility index (Phi) is 46.8. The topological polar surface area (TPSA) is 178 Å². The van der Waals surface area contributed by atoms with Gasteiger partial charge in [-0.3, -0.25) is 9.35 Å². The maximum Gasteiger partial charge on any atom is 0.397 e. The molecular formula is C59H106O12S. The molecule has 0 amide bonds. The highest BCUT2D eigenvalue weighted by molar-refractivity contribution is 7.80. The molecule has 420 valence electrons. The minimum atomic E-state index is -5.07. The molecule has 1 heterocycles. The first-order valence-corrected chi connectivity index (χ1v) is 30.4. The summed E-state index contributed by atoms with van der Waals surface area (Å²) in [4.78, 5) is 13.0. The van der Waals surface area contributed by atoms with Crippen LogP contribution in [0.3, 0.4) is 0 Å². The summed E-state index contributed by atoms with van der Waals surface area (Å²) in [5.41, 5.74) is 0. The number of esters is 1. The Balaban J connectivity index is 2.29. The van der Waals surface area contributed by atoms with Crippen LogP contribution in [0.15, 0.2) is 60.8 Å². The van der Waals surface area contributed by atoms with E-state index in [0.29, 0.717) is 13.0 Å². The van der Waals surface area contributed by atoms with Gasteiger partial charge in [-0.2, -0.15) is 8.42 Å². The maximum atomic E-state index is 13.0. The van der Waals surface area contributed by atoms with Gasteiger partial charge in [0.25, 0.3) is 0 Å². The summed E-state index contributed by atoms with van der Waals surface area (Å²) in [5.74, 6) is -0.402. The number of ether oxygens (including phenoxy) is 4. The molecule has 1 saturated heterocycles. The van der Waals surface area contributed by atoms with E-state index in [9.17, 15) is 33.1 Å². The Labute approximate surface area is 439 Å². The van der Waals surface area contributed by atoms with Crippen molar-refractivity contribution in [2.45, 2.75) is 282 Å². The molecule has 0 aromatic carbocycles. The Hall–Kier alpha value is -2.20. The standard InChI is InChI=1S/C59H106O12S/c1-3-5-7-9-11-13-15-17-19-21-23-25-26-27-28-29-30-32-34-36-38-40-42-44-46-48-55(61)69-53(52-68-59-57(63)58(71-72(64,65)66)56(62)54(50-60)70-59)51-67-49-47-45-43-41-39-37-35-33-31-24-22-20-18-16-14-12-10-8-6-4-2/h6,8,12,14,18,20-21,23-24,31,53-54,56-60,62-63H,3-5,7,9-11,13,15-17,19,22,25-30,32-52H2,1-2H3,(H,64,65,66)/b8-6-,14-12-,20-18-,23-21-,31-24-. The number of allylic oxidation sites excluding steroid dienone is 10. The summed E-state index contributed by atoms with van der Waals surface area (Å²) >= 11 is 0. The quantitative estimate of drug-likeness (QED) is 0.0196. The highest BCUT2D eigenvalue weighted by Crippen LogP contribution is 2.26. The molecule has 1 rings (SSSR count). The monoisotopic (exact) mass is 1040 g/mol. The molecule has 1 fully saturated rings. The van der Waals surface area contributed by atoms with Crippen LogP contribution in [0.4, 0.5) is 0 Å². The summed E-state index contributed by atoms with van der Waals surface area (Å²) in [7, 11) is -5.07. The van der Waals surface area contributed by atoms with Crippen molar-refractivity contribution < 1.29 is 56.2 Å². The van der Waals surface area contributed by atoms with Gasteiger partial charge in [-0.15, -0.1) is 0 Å². The van der Waals surface area contributed by atoms with Crippen LogP contribution in [0.2, 0.25) is 0 Å². The van der Waals surface area contributed by atoms with Gasteiger partial charge in [0, 0.05) is 13.0 Å². The number of carbonyl (C=O) groups is 1. The average molecular weight is 1040 g/mol. The van der Waals surface area contributed by atoms with Gasteiger partial charge >= 0.3 is 16.4 Å². The van der Waals surface area contributed by atoms with Gasteiger partial charge in [0.15, 0.2) is 6.29 Å². The average Bonchev–Trinajstić information content (AvgIpc) is 3.36.